The van der Waals surface area contributed by atoms with Gasteiger partial charge in [-0.3, -0.25) is 14.3 Å². The number of rotatable bonds is 3. The number of hydrogen-bond acceptors (Lipinski definition) is 4. The van der Waals surface area contributed by atoms with Crippen molar-refractivity contribution in [3.05, 3.63) is 33.1 Å². The van der Waals surface area contributed by atoms with Crippen molar-refractivity contribution < 1.29 is 9.47 Å². The van der Waals surface area contributed by atoms with E-state index in [1.54, 1.807) is 7.11 Å². The van der Waals surface area contributed by atoms with Gasteiger partial charge in [0, 0.05) is 25.8 Å². The normalized spacial score (nSPS) is 28.5. The van der Waals surface area contributed by atoms with Crippen LogP contribution in [0, 0.1) is 0 Å². The third kappa shape index (κ3) is 2.32. The fourth-order valence-electron chi connectivity index (χ4n) is 2.14. The number of ether oxygens (including phenoxy) is 2. The Morgan fingerprint density at radius 1 is 1.59 bits per heavy atom. The minimum atomic E-state index is -0.450. The summed E-state index contributed by atoms with van der Waals surface area (Å²) in [5, 5.41) is 0. The van der Waals surface area contributed by atoms with Gasteiger partial charge < -0.3 is 9.47 Å². The Morgan fingerprint density at radius 2 is 2.35 bits per heavy atom. The van der Waals surface area contributed by atoms with Crippen LogP contribution in [0.3, 0.4) is 0 Å². The summed E-state index contributed by atoms with van der Waals surface area (Å²) in [7, 11) is 1.63. The molecular formula is C11H16N2O4. The Labute approximate surface area is 98.2 Å². The molecule has 0 aliphatic carbocycles. The van der Waals surface area contributed by atoms with Crippen LogP contribution in [0.5, 0.6) is 0 Å². The molecule has 0 amide bonds. The Kier molecular flexibility index (Phi) is 3.44. The van der Waals surface area contributed by atoms with E-state index >= 15 is 0 Å². The second-order valence-electron chi connectivity index (χ2n) is 4.06. The van der Waals surface area contributed by atoms with Gasteiger partial charge in [0.1, 0.15) is 6.23 Å². The Bertz CT molecular complexity index is 481. The van der Waals surface area contributed by atoms with E-state index in [4.69, 9.17) is 9.47 Å². The molecule has 1 aliphatic rings. The van der Waals surface area contributed by atoms with Crippen LogP contribution < -0.4 is 11.2 Å². The predicted octanol–water partition coefficient (Wildman–Crippen LogP) is 0.249. The van der Waals surface area contributed by atoms with Gasteiger partial charge in [-0.2, -0.15) is 0 Å². The maximum atomic E-state index is 11.6. The first-order chi connectivity index (χ1) is 8.15. The van der Waals surface area contributed by atoms with Crippen molar-refractivity contribution in [2.75, 3.05) is 7.11 Å². The molecule has 1 N–H and O–H groups in total. The highest BCUT2D eigenvalue weighted by Gasteiger charge is 2.35. The zero-order valence-electron chi connectivity index (χ0n) is 9.88. The van der Waals surface area contributed by atoms with Crippen LogP contribution in [0.1, 0.15) is 26.0 Å². The lowest BCUT2D eigenvalue weighted by molar-refractivity contribution is -0.0301. The molecule has 0 radical (unpaired) electrons. The number of methoxy groups -OCH3 is 1. The minimum absolute atomic E-state index is 0.0103. The molecule has 6 nitrogen and oxygen atoms in total. The second kappa shape index (κ2) is 4.85. The quantitative estimate of drug-likeness (QED) is 0.822. The van der Waals surface area contributed by atoms with Gasteiger partial charge in [0.25, 0.3) is 5.56 Å². The summed E-state index contributed by atoms with van der Waals surface area (Å²) in [6, 6.07) is 1.31. The lowest BCUT2D eigenvalue weighted by Gasteiger charge is -2.14. The van der Waals surface area contributed by atoms with Crippen LogP contribution in [0.15, 0.2) is 21.9 Å². The second-order valence-corrected chi connectivity index (χ2v) is 4.06. The topological polar surface area (TPSA) is 73.3 Å². The molecule has 1 aromatic rings. The van der Waals surface area contributed by atoms with Gasteiger partial charge in [-0.25, -0.2) is 4.79 Å². The van der Waals surface area contributed by atoms with Crippen LogP contribution in [-0.2, 0) is 9.47 Å². The molecule has 1 fully saturated rings. The van der Waals surface area contributed by atoms with Crippen molar-refractivity contribution in [1.29, 1.82) is 0 Å². The van der Waals surface area contributed by atoms with Crippen molar-refractivity contribution in [1.82, 2.24) is 9.55 Å². The number of H-pyrrole nitrogens is 1. The summed E-state index contributed by atoms with van der Waals surface area (Å²) in [6.07, 6.45) is 2.51. The van der Waals surface area contributed by atoms with Gasteiger partial charge in [0.2, 0.25) is 0 Å². The van der Waals surface area contributed by atoms with E-state index in [9.17, 15) is 9.59 Å². The number of nitrogens with zero attached hydrogens (tertiary/aromatic N) is 1. The van der Waals surface area contributed by atoms with E-state index in [1.807, 2.05) is 6.92 Å². The lowest BCUT2D eigenvalue weighted by Crippen LogP contribution is -2.31. The zero-order chi connectivity index (χ0) is 12.4. The molecule has 0 bridgehead atoms. The van der Waals surface area contributed by atoms with Crippen molar-refractivity contribution in [3.63, 3.8) is 0 Å². The van der Waals surface area contributed by atoms with Crippen molar-refractivity contribution in [2.24, 2.45) is 0 Å². The first-order valence-electron chi connectivity index (χ1n) is 5.65. The third-order valence-corrected chi connectivity index (χ3v) is 3.05. The molecule has 17 heavy (non-hydrogen) atoms. The first kappa shape index (κ1) is 12.1. The standard InChI is InChI=1S/C11H16N2O4/c1-3-7-8(16-2)6-10(17-7)13-5-4-9(14)12-11(13)15/h4-5,7-8,10H,3,6H2,1-2H3,(H,12,14,15)/t7-,8?,10-/m1/s1. The minimum Gasteiger partial charge on any atom is -0.379 e. The number of nitrogens with one attached hydrogen (secondary N) is 1. The van der Waals surface area contributed by atoms with Crippen LogP contribution >= 0.6 is 0 Å². The zero-order valence-corrected chi connectivity index (χ0v) is 9.88. The van der Waals surface area contributed by atoms with E-state index in [1.165, 1.54) is 16.8 Å². The highest BCUT2D eigenvalue weighted by molar-refractivity contribution is 4.88. The maximum Gasteiger partial charge on any atom is 0.330 e. The van der Waals surface area contributed by atoms with Gasteiger partial charge in [0.05, 0.1) is 12.2 Å². The number of hydrogen-bond donors (Lipinski definition) is 1. The fourth-order valence-corrected chi connectivity index (χ4v) is 2.14. The number of aromatic amines is 1. The van der Waals surface area contributed by atoms with E-state index in [0.717, 1.165) is 6.42 Å². The van der Waals surface area contributed by atoms with Gasteiger partial charge in [-0.1, -0.05) is 6.92 Å². The molecule has 6 heteroatoms. The lowest BCUT2D eigenvalue weighted by atomic mass is 10.1. The van der Waals surface area contributed by atoms with Gasteiger partial charge in [-0.05, 0) is 6.42 Å². The van der Waals surface area contributed by atoms with Gasteiger partial charge in [-0.15, -0.1) is 0 Å². The SMILES string of the molecule is CC[C@H]1O[C@@H](n2ccc(=O)[nH]c2=O)CC1OC. The maximum absolute atomic E-state index is 11.6. The van der Waals surface area contributed by atoms with Crippen LogP contribution in [0.25, 0.3) is 0 Å². The molecule has 0 aromatic carbocycles. The molecule has 1 aromatic heterocycles. The van der Waals surface area contributed by atoms with Crippen molar-refractivity contribution in [3.8, 4) is 0 Å². The monoisotopic (exact) mass is 240 g/mol. The van der Waals surface area contributed by atoms with Crippen molar-refractivity contribution in [2.45, 2.75) is 38.2 Å². The molecule has 3 atom stereocenters. The van der Waals surface area contributed by atoms with Crippen LogP contribution in [0.4, 0.5) is 0 Å². The smallest absolute Gasteiger partial charge is 0.330 e. The highest BCUT2D eigenvalue weighted by atomic mass is 16.6. The summed E-state index contributed by atoms with van der Waals surface area (Å²) >= 11 is 0. The molecule has 0 spiro atoms. The molecule has 2 heterocycles. The predicted molar refractivity (Wildman–Crippen MR) is 60.9 cm³/mol. The summed E-state index contributed by atoms with van der Waals surface area (Å²) in [4.78, 5) is 24.8. The molecule has 0 saturated carbocycles. The van der Waals surface area contributed by atoms with Crippen LogP contribution in [-0.4, -0.2) is 28.9 Å². The number of aromatic nitrogens is 2. The molecular weight excluding hydrogens is 224 g/mol. The van der Waals surface area contributed by atoms with E-state index < -0.39 is 11.2 Å². The average Bonchev–Trinajstić information content (AvgIpc) is 2.72. The van der Waals surface area contributed by atoms with Crippen molar-refractivity contribution >= 4 is 0 Å². The van der Waals surface area contributed by atoms with Crippen LogP contribution in [0.2, 0.25) is 0 Å². The average molecular weight is 240 g/mol. The Morgan fingerprint density at radius 3 is 2.88 bits per heavy atom. The van der Waals surface area contributed by atoms with E-state index in [2.05, 4.69) is 4.98 Å². The Balaban J connectivity index is 2.25. The van der Waals surface area contributed by atoms with E-state index in [0.29, 0.717) is 6.42 Å². The molecule has 1 aliphatic heterocycles. The summed E-state index contributed by atoms with van der Waals surface area (Å²) in [5.74, 6) is 0. The Hall–Kier alpha value is -1.40. The molecule has 1 unspecified atom stereocenters. The molecule has 1 saturated heterocycles. The largest absolute Gasteiger partial charge is 0.379 e. The summed E-state index contributed by atoms with van der Waals surface area (Å²) in [5.41, 5.74) is -0.853. The third-order valence-electron chi connectivity index (χ3n) is 3.05. The first-order valence-corrected chi connectivity index (χ1v) is 5.65. The van der Waals surface area contributed by atoms with Gasteiger partial charge in [0.15, 0.2) is 0 Å². The van der Waals surface area contributed by atoms with Gasteiger partial charge >= 0.3 is 5.69 Å². The summed E-state index contributed by atoms with van der Waals surface area (Å²) in [6.45, 7) is 2.01. The fraction of sp³-hybridized carbons (Fsp3) is 0.636. The highest BCUT2D eigenvalue weighted by Crippen LogP contribution is 2.30. The van der Waals surface area contributed by atoms with E-state index in [-0.39, 0.29) is 18.4 Å². The summed E-state index contributed by atoms with van der Waals surface area (Å²) < 4.78 is 12.4. The molecule has 94 valence electrons. The molecule has 2 rings (SSSR count).